The summed E-state index contributed by atoms with van der Waals surface area (Å²) in [7, 11) is 0. The number of aromatic amines is 1. The summed E-state index contributed by atoms with van der Waals surface area (Å²) in [5, 5.41) is 0. The van der Waals surface area contributed by atoms with E-state index >= 15 is 0 Å². The summed E-state index contributed by atoms with van der Waals surface area (Å²) in [5.74, 6) is -0.0825. The number of hydrogen-bond acceptors (Lipinski definition) is 4. The lowest BCUT2D eigenvalue weighted by atomic mass is 10.1. The van der Waals surface area contributed by atoms with Crippen LogP contribution in [0.3, 0.4) is 0 Å². The summed E-state index contributed by atoms with van der Waals surface area (Å²) >= 11 is 0. The first-order valence-corrected chi connectivity index (χ1v) is 7.92. The second-order valence-electron chi connectivity index (χ2n) is 5.97. The van der Waals surface area contributed by atoms with Crippen LogP contribution in [0.2, 0.25) is 0 Å². The summed E-state index contributed by atoms with van der Waals surface area (Å²) in [5.41, 5.74) is -0.886. The number of rotatable bonds is 3. The zero-order valence-electron chi connectivity index (χ0n) is 13.7. The normalized spacial score (nSPS) is 16.2. The number of aromatic nitrogens is 2. The van der Waals surface area contributed by atoms with Crippen LogP contribution in [0.15, 0.2) is 29.1 Å². The van der Waals surface area contributed by atoms with Crippen molar-refractivity contribution in [1.29, 1.82) is 0 Å². The number of halogens is 3. The number of nitrogens with one attached hydrogen (secondary N) is 1. The summed E-state index contributed by atoms with van der Waals surface area (Å²) in [6, 6.07) is 7.00. The van der Waals surface area contributed by atoms with Crippen LogP contribution in [0.1, 0.15) is 16.8 Å². The molecule has 0 saturated carbocycles. The Bertz CT molecular complexity index is 794. The van der Waals surface area contributed by atoms with E-state index in [1.165, 1.54) is 0 Å². The topological polar surface area (TPSA) is 58.2 Å². The third-order valence-electron chi connectivity index (χ3n) is 4.16. The predicted octanol–water partition coefficient (Wildman–Crippen LogP) is 2.60. The van der Waals surface area contributed by atoms with Gasteiger partial charge in [-0.05, 0) is 12.5 Å². The fourth-order valence-electron chi connectivity index (χ4n) is 2.73. The fraction of sp³-hybridized carbons (Fsp3) is 0.412. The molecule has 1 aromatic carbocycles. The maximum atomic E-state index is 13.0. The van der Waals surface area contributed by atoms with Gasteiger partial charge in [0.05, 0.1) is 13.2 Å². The Morgan fingerprint density at radius 1 is 1.20 bits per heavy atom. The number of hydrogen-bond donors (Lipinski definition) is 1. The quantitative estimate of drug-likeness (QED) is 0.922. The van der Waals surface area contributed by atoms with Gasteiger partial charge in [-0.15, -0.1) is 0 Å². The van der Waals surface area contributed by atoms with Gasteiger partial charge in [0.15, 0.2) is 5.69 Å². The molecule has 0 atom stereocenters. The first-order valence-electron chi connectivity index (χ1n) is 7.92. The smallest absolute Gasteiger partial charge is 0.379 e. The van der Waals surface area contributed by atoms with E-state index in [0.717, 1.165) is 32.1 Å². The standard InChI is InChI=1S/C17H18F3N3O2/c1-11-14(17(18,19)20)21-15(22-16(11)24)13-4-2-12(3-5-13)10-23-6-8-25-9-7-23/h2-5H,6-10H2,1H3,(H,21,22,24). The van der Waals surface area contributed by atoms with E-state index in [4.69, 9.17) is 4.74 Å². The van der Waals surface area contributed by atoms with E-state index in [2.05, 4.69) is 14.9 Å². The van der Waals surface area contributed by atoms with Crippen LogP contribution in [-0.2, 0) is 17.5 Å². The van der Waals surface area contributed by atoms with Crippen molar-refractivity contribution in [3.05, 3.63) is 51.4 Å². The molecule has 1 aliphatic rings. The highest BCUT2D eigenvalue weighted by Gasteiger charge is 2.36. The molecular formula is C17H18F3N3O2. The largest absolute Gasteiger partial charge is 0.433 e. The van der Waals surface area contributed by atoms with E-state index in [0.29, 0.717) is 18.8 Å². The molecule has 3 rings (SSSR count). The molecule has 25 heavy (non-hydrogen) atoms. The molecule has 1 fully saturated rings. The van der Waals surface area contributed by atoms with Crippen LogP contribution in [0, 0.1) is 6.92 Å². The predicted molar refractivity (Wildman–Crippen MR) is 86.1 cm³/mol. The van der Waals surface area contributed by atoms with Gasteiger partial charge in [0, 0.05) is 30.8 Å². The second kappa shape index (κ2) is 6.97. The molecule has 134 valence electrons. The molecular weight excluding hydrogens is 335 g/mol. The van der Waals surface area contributed by atoms with Gasteiger partial charge in [0.25, 0.3) is 5.56 Å². The van der Waals surface area contributed by atoms with Gasteiger partial charge >= 0.3 is 6.18 Å². The van der Waals surface area contributed by atoms with Crippen LogP contribution in [0.5, 0.6) is 0 Å². The van der Waals surface area contributed by atoms with Gasteiger partial charge in [-0.2, -0.15) is 13.2 Å². The number of H-pyrrole nitrogens is 1. The molecule has 8 heteroatoms. The van der Waals surface area contributed by atoms with Crippen molar-refractivity contribution < 1.29 is 17.9 Å². The molecule has 0 radical (unpaired) electrons. The molecule has 0 aliphatic carbocycles. The van der Waals surface area contributed by atoms with Crippen LogP contribution >= 0.6 is 0 Å². The second-order valence-corrected chi connectivity index (χ2v) is 5.97. The van der Waals surface area contributed by atoms with E-state index in [-0.39, 0.29) is 5.82 Å². The van der Waals surface area contributed by atoms with Crippen molar-refractivity contribution >= 4 is 0 Å². The summed E-state index contributed by atoms with van der Waals surface area (Å²) in [6.07, 6.45) is -4.66. The van der Waals surface area contributed by atoms with Crippen molar-refractivity contribution in [3.63, 3.8) is 0 Å². The van der Waals surface area contributed by atoms with E-state index in [1.807, 2.05) is 12.1 Å². The molecule has 2 aromatic rings. The van der Waals surface area contributed by atoms with E-state index < -0.39 is 23.0 Å². The maximum Gasteiger partial charge on any atom is 0.433 e. The minimum absolute atomic E-state index is 0.0825. The monoisotopic (exact) mass is 353 g/mol. The van der Waals surface area contributed by atoms with Gasteiger partial charge in [-0.3, -0.25) is 9.69 Å². The van der Waals surface area contributed by atoms with E-state index in [1.54, 1.807) is 12.1 Å². The van der Waals surface area contributed by atoms with Crippen molar-refractivity contribution in [2.75, 3.05) is 26.3 Å². The first kappa shape index (κ1) is 17.6. The highest BCUT2D eigenvalue weighted by molar-refractivity contribution is 5.55. The highest BCUT2D eigenvalue weighted by atomic mass is 19.4. The van der Waals surface area contributed by atoms with Crippen molar-refractivity contribution in [3.8, 4) is 11.4 Å². The number of alkyl halides is 3. The van der Waals surface area contributed by atoms with E-state index in [9.17, 15) is 18.0 Å². The Kier molecular flexibility index (Phi) is 4.91. The molecule has 0 unspecified atom stereocenters. The SMILES string of the molecule is Cc1c(C(F)(F)F)nc(-c2ccc(CN3CCOCC3)cc2)[nH]c1=O. The minimum atomic E-state index is -4.66. The number of nitrogens with zero attached hydrogens (tertiary/aromatic N) is 2. The average Bonchev–Trinajstić information content (AvgIpc) is 2.58. The zero-order chi connectivity index (χ0) is 18.0. The Balaban J connectivity index is 1.85. The van der Waals surface area contributed by atoms with Gasteiger partial charge < -0.3 is 9.72 Å². The Morgan fingerprint density at radius 2 is 1.84 bits per heavy atom. The van der Waals surface area contributed by atoms with Crippen LogP contribution in [0.4, 0.5) is 13.2 Å². The Morgan fingerprint density at radius 3 is 2.44 bits per heavy atom. The first-order chi connectivity index (χ1) is 11.8. The lowest BCUT2D eigenvalue weighted by Gasteiger charge is -2.26. The van der Waals surface area contributed by atoms with Gasteiger partial charge in [0.1, 0.15) is 5.82 Å². The van der Waals surface area contributed by atoms with Gasteiger partial charge in [-0.1, -0.05) is 24.3 Å². The van der Waals surface area contributed by atoms with Crippen molar-refractivity contribution in [1.82, 2.24) is 14.9 Å². The maximum absolute atomic E-state index is 13.0. The summed E-state index contributed by atoms with van der Waals surface area (Å²) in [6.45, 7) is 4.96. The summed E-state index contributed by atoms with van der Waals surface area (Å²) < 4.78 is 44.4. The lowest BCUT2D eigenvalue weighted by Crippen LogP contribution is -2.35. The van der Waals surface area contributed by atoms with Crippen molar-refractivity contribution in [2.24, 2.45) is 0 Å². The van der Waals surface area contributed by atoms with Gasteiger partial charge in [-0.25, -0.2) is 4.98 Å². The zero-order valence-corrected chi connectivity index (χ0v) is 13.7. The highest BCUT2D eigenvalue weighted by Crippen LogP contribution is 2.30. The average molecular weight is 353 g/mol. The molecule has 1 saturated heterocycles. The third kappa shape index (κ3) is 4.08. The van der Waals surface area contributed by atoms with Crippen LogP contribution < -0.4 is 5.56 Å². The molecule has 1 aliphatic heterocycles. The molecule has 0 bridgehead atoms. The number of morpholine rings is 1. The lowest BCUT2D eigenvalue weighted by molar-refractivity contribution is -0.141. The van der Waals surface area contributed by atoms with Gasteiger partial charge in [0.2, 0.25) is 0 Å². The van der Waals surface area contributed by atoms with Crippen LogP contribution in [-0.4, -0.2) is 41.2 Å². The van der Waals surface area contributed by atoms with Crippen LogP contribution in [0.25, 0.3) is 11.4 Å². The molecule has 1 N–H and O–H groups in total. The third-order valence-corrected chi connectivity index (χ3v) is 4.16. The summed E-state index contributed by atoms with van der Waals surface area (Å²) in [4.78, 5) is 20.1. The number of ether oxygens (including phenoxy) is 1. The number of benzene rings is 1. The molecule has 2 heterocycles. The Hall–Kier alpha value is -2.19. The molecule has 0 spiro atoms. The Labute approximate surface area is 142 Å². The minimum Gasteiger partial charge on any atom is -0.379 e. The molecule has 5 nitrogen and oxygen atoms in total. The fourth-order valence-corrected chi connectivity index (χ4v) is 2.73. The molecule has 0 amide bonds. The molecule has 1 aromatic heterocycles. The van der Waals surface area contributed by atoms with Crippen molar-refractivity contribution in [2.45, 2.75) is 19.6 Å².